The number of carbonyl (C=O) groups excluding carboxylic acids is 1. The maximum Gasteiger partial charge on any atom is 0.224 e. The van der Waals surface area contributed by atoms with Crippen LogP contribution in [0.25, 0.3) is 0 Å². The van der Waals surface area contributed by atoms with Gasteiger partial charge >= 0.3 is 0 Å². The molecule has 88 valence electrons. The van der Waals surface area contributed by atoms with Crippen molar-refractivity contribution in [3.63, 3.8) is 0 Å². The van der Waals surface area contributed by atoms with E-state index >= 15 is 0 Å². The van der Waals surface area contributed by atoms with Crippen LogP contribution < -0.4 is 5.32 Å². The van der Waals surface area contributed by atoms with Gasteiger partial charge in [-0.2, -0.15) is 0 Å². The molecule has 0 heterocycles. The zero-order chi connectivity index (χ0) is 12.1. The van der Waals surface area contributed by atoms with Gasteiger partial charge in [0.2, 0.25) is 5.91 Å². The lowest BCUT2D eigenvalue weighted by Gasteiger charge is -2.07. The molecule has 0 saturated heterocycles. The molecule has 2 N–H and O–H groups in total. The maximum absolute atomic E-state index is 12.8. The largest absolute Gasteiger partial charge is 0.392 e. The van der Waals surface area contributed by atoms with Crippen molar-refractivity contribution in [2.75, 3.05) is 6.54 Å². The summed E-state index contributed by atoms with van der Waals surface area (Å²) in [5.41, 5.74) is 0.391. The van der Waals surface area contributed by atoms with Crippen molar-refractivity contribution in [2.24, 2.45) is 0 Å². The molecule has 1 aromatic rings. The van der Waals surface area contributed by atoms with E-state index < -0.39 is 17.7 Å². The fraction of sp³-hybridized carbons (Fsp3) is 0.364. The van der Waals surface area contributed by atoms with Crippen molar-refractivity contribution in [3.8, 4) is 0 Å². The van der Waals surface area contributed by atoms with Crippen LogP contribution in [0.15, 0.2) is 18.2 Å². The Bertz CT molecular complexity index is 380. The molecule has 1 amide bonds. The van der Waals surface area contributed by atoms with Crippen LogP contribution in [-0.2, 0) is 11.2 Å². The van der Waals surface area contributed by atoms with Crippen molar-refractivity contribution in [1.29, 1.82) is 0 Å². The second-order valence-corrected chi connectivity index (χ2v) is 3.58. The second kappa shape index (κ2) is 5.55. The zero-order valence-electron chi connectivity index (χ0n) is 8.84. The van der Waals surface area contributed by atoms with Gasteiger partial charge < -0.3 is 10.4 Å². The zero-order valence-corrected chi connectivity index (χ0v) is 8.84. The molecule has 0 aliphatic rings. The summed E-state index contributed by atoms with van der Waals surface area (Å²) in [6, 6.07) is 3.31. The SMILES string of the molecule is CC(O)CNC(=O)Cc1ccc(F)c(F)c1. The van der Waals surface area contributed by atoms with Crippen LogP contribution in [0.5, 0.6) is 0 Å². The van der Waals surface area contributed by atoms with E-state index in [-0.39, 0.29) is 18.9 Å². The Balaban J connectivity index is 2.53. The number of carbonyl (C=O) groups is 1. The Morgan fingerprint density at radius 1 is 1.44 bits per heavy atom. The first-order valence-electron chi connectivity index (χ1n) is 4.87. The molecular formula is C11H13F2NO2. The molecule has 0 aliphatic heterocycles. The normalized spacial score (nSPS) is 12.2. The highest BCUT2D eigenvalue weighted by Crippen LogP contribution is 2.08. The summed E-state index contributed by atoms with van der Waals surface area (Å²) in [7, 11) is 0. The van der Waals surface area contributed by atoms with Crippen molar-refractivity contribution >= 4 is 5.91 Å². The molecule has 0 aromatic heterocycles. The van der Waals surface area contributed by atoms with Gasteiger partial charge in [0.15, 0.2) is 11.6 Å². The molecule has 5 heteroatoms. The number of hydrogen-bond donors (Lipinski definition) is 2. The molecule has 0 aliphatic carbocycles. The van der Waals surface area contributed by atoms with Crippen molar-refractivity contribution < 1.29 is 18.7 Å². The molecule has 0 bridgehead atoms. The Morgan fingerprint density at radius 3 is 2.69 bits per heavy atom. The van der Waals surface area contributed by atoms with Crippen LogP contribution in [0.1, 0.15) is 12.5 Å². The highest BCUT2D eigenvalue weighted by Gasteiger charge is 2.07. The van der Waals surface area contributed by atoms with Crippen LogP contribution >= 0.6 is 0 Å². The smallest absolute Gasteiger partial charge is 0.224 e. The first kappa shape index (κ1) is 12.6. The minimum absolute atomic E-state index is 0.0378. The van der Waals surface area contributed by atoms with Crippen molar-refractivity contribution in [3.05, 3.63) is 35.4 Å². The summed E-state index contributed by atoms with van der Waals surface area (Å²) in [6.07, 6.45) is -0.668. The fourth-order valence-corrected chi connectivity index (χ4v) is 1.16. The fourth-order valence-electron chi connectivity index (χ4n) is 1.16. The average molecular weight is 229 g/mol. The number of nitrogens with one attached hydrogen (secondary N) is 1. The minimum atomic E-state index is -0.971. The van der Waals surface area contributed by atoms with E-state index in [9.17, 15) is 13.6 Å². The van der Waals surface area contributed by atoms with Crippen molar-refractivity contribution in [2.45, 2.75) is 19.4 Å². The molecule has 16 heavy (non-hydrogen) atoms. The second-order valence-electron chi connectivity index (χ2n) is 3.58. The molecule has 0 fully saturated rings. The van der Waals surface area contributed by atoms with Gasteiger partial charge in [0, 0.05) is 6.54 Å². The van der Waals surface area contributed by atoms with E-state index in [0.29, 0.717) is 5.56 Å². The molecular weight excluding hydrogens is 216 g/mol. The van der Waals surface area contributed by atoms with Gasteiger partial charge in [0.05, 0.1) is 12.5 Å². The van der Waals surface area contributed by atoms with Gasteiger partial charge in [0.1, 0.15) is 0 Å². The van der Waals surface area contributed by atoms with E-state index in [1.807, 2.05) is 0 Å². The van der Waals surface area contributed by atoms with Gasteiger partial charge in [-0.3, -0.25) is 4.79 Å². The Morgan fingerprint density at radius 2 is 2.12 bits per heavy atom. The monoisotopic (exact) mass is 229 g/mol. The molecule has 0 spiro atoms. The highest BCUT2D eigenvalue weighted by atomic mass is 19.2. The third-order valence-corrected chi connectivity index (χ3v) is 1.94. The Hall–Kier alpha value is -1.49. The highest BCUT2D eigenvalue weighted by molar-refractivity contribution is 5.78. The van der Waals surface area contributed by atoms with E-state index in [4.69, 9.17) is 5.11 Å². The topological polar surface area (TPSA) is 49.3 Å². The van der Waals surface area contributed by atoms with Crippen LogP contribution in [0.4, 0.5) is 8.78 Å². The summed E-state index contributed by atoms with van der Waals surface area (Å²) in [6.45, 7) is 1.68. The predicted molar refractivity (Wildman–Crippen MR) is 54.8 cm³/mol. The number of aliphatic hydroxyl groups excluding tert-OH is 1. The lowest BCUT2D eigenvalue weighted by Crippen LogP contribution is -2.31. The summed E-state index contributed by atoms with van der Waals surface area (Å²) in [4.78, 5) is 11.3. The van der Waals surface area contributed by atoms with E-state index in [0.717, 1.165) is 12.1 Å². The number of halogens is 2. The lowest BCUT2D eigenvalue weighted by atomic mass is 10.1. The molecule has 1 aromatic carbocycles. The first-order valence-corrected chi connectivity index (χ1v) is 4.87. The Labute approximate surface area is 92.1 Å². The quantitative estimate of drug-likeness (QED) is 0.809. The molecule has 0 saturated carbocycles. The Kier molecular flexibility index (Phi) is 4.37. The molecule has 1 rings (SSSR count). The minimum Gasteiger partial charge on any atom is -0.392 e. The molecule has 1 atom stereocenters. The standard InChI is InChI=1S/C11H13F2NO2/c1-7(15)6-14-11(16)5-8-2-3-9(12)10(13)4-8/h2-4,7,15H,5-6H2,1H3,(H,14,16). The van der Waals surface area contributed by atoms with E-state index in [1.54, 1.807) is 0 Å². The van der Waals surface area contributed by atoms with Gasteiger partial charge in [-0.05, 0) is 24.6 Å². The molecule has 1 unspecified atom stereocenters. The van der Waals surface area contributed by atoms with Crippen LogP contribution in [-0.4, -0.2) is 23.7 Å². The van der Waals surface area contributed by atoms with Gasteiger partial charge in [0.25, 0.3) is 0 Å². The predicted octanol–water partition coefficient (Wildman–Crippen LogP) is 1.00. The maximum atomic E-state index is 12.8. The third kappa shape index (κ3) is 3.94. The number of benzene rings is 1. The molecule has 3 nitrogen and oxygen atoms in total. The van der Waals surface area contributed by atoms with E-state index in [2.05, 4.69) is 5.32 Å². The summed E-state index contributed by atoms with van der Waals surface area (Å²) >= 11 is 0. The van der Waals surface area contributed by atoms with Crippen LogP contribution in [0.2, 0.25) is 0 Å². The van der Waals surface area contributed by atoms with Gasteiger partial charge in [-0.1, -0.05) is 6.07 Å². The van der Waals surface area contributed by atoms with Gasteiger partial charge in [-0.25, -0.2) is 8.78 Å². The number of amides is 1. The summed E-state index contributed by atoms with van der Waals surface area (Å²) in [5, 5.41) is 11.4. The summed E-state index contributed by atoms with van der Waals surface area (Å²) < 4.78 is 25.4. The van der Waals surface area contributed by atoms with Crippen LogP contribution in [0.3, 0.4) is 0 Å². The van der Waals surface area contributed by atoms with Crippen LogP contribution in [0, 0.1) is 11.6 Å². The van der Waals surface area contributed by atoms with Gasteiger partial charge in [-0.15, -0.1) is 0 Å². The van der Waals surface area contributed by atoms with Crippen molar-refractivity contribution in [1.82, 2.24) is 5.32 Å². The average Bonchev–Trinajstić information content (AvgIpc) is 2.21. The number of hydrogen-bond acceptors (Lipinski definition) is 2. The summed E-state index contributed by atoms with van der Waals surface area (Å²) in [5.74, 6) is -2.25. The number of rotatable bonds is 4. The third-order valence-electron chi connectivity index (χ3n) is 1.94. The lowest BCUT2D eigenvalue weighted by molar-refractivity contribution is -0.120. The number of aliphatic hydroxyl groups is 1. The molecule has 0 radical (unpaired) electrons. The first-order chi connectivity index (χ1) is 7.49. The van der Waals surface area contributed by atoms with E-state index in [1.165, 1.54) is 13.0 Å².